The highest BCUT2D eigenvalue weighted by molar-refractivity contribution is 5.91. The molecule has 176 valence electrons. The lowest BCUT2D eigenvalue weighted by Crippen LogP contribution is -2.54. The van der Waals surface area contributed by atoms with Gasteiger partial charge in [0.25, 0.3) is 0 Å². The highest BCUT2D eigenvalue weighted by Crippen LogP contribution is 2.69. The number of fused-ring (bicyclic) bond motifs is 5. The number of esters is 1. The zero-order chi connectivity index (χ0) is 22.6. The van der Waals surface area contributed by atoms with E-state index in [1.165, 1.54) is 58.5 Å². The van der Waals surface area contributed by atoms with Crippen LogP contribution in [0.3, 0.4) is 0 Å². The summed E-state index contributed by atoms with van der Waals surface area (Å²) in [5.74, 6) is 4.47. The Morgan fingerprint density at radius 3 is 2.45 bits per heavy atom. The fraction of sp³-hybridized carbons (Fsp3) is 0.929. The molecule has 1 unspecified atom stereocenters. The summed E-state index contributed by atoms with van der Waals surface area (Å²) < 4.78 is 5.19. The summed E-state index contributed by atoms with van der Waals surface area (Å²) in [5.41, 5.74) is 0.264. The lowest BCUT2D eigenvalue weighted by molar-refractivity contribution is -0.159. The fourth-order valence-corrected chi connectivity index (χ4v) is 9.47. The topological polar surface area (TPSA) is 43.4 Å². The van der Waals surface area contributed by atoms with Gasteiger partial charge in [0.2, 0.25) is 0 Å². The molecule has 3 heteroatoms. The highest BCUT2D eigenvalue weighted by Gasteiger charge is 2.66. The van der Waals surface area contributed by atoms with Crippen LogP contribution in [0, 0.1) is 58.2 Å². The Morgan fingerprint density at radius 1 is 1.03 bits per heavy atom. The van der Waals surface area contributed by atoms with Crippen molar-refractivity contribution >= 4 is 11.8 Å². The van der Waals surface area contributed by atoms with Crippen LogP contribution >= 0.6 is 0 Å². The smallest absolute Gasteiger partial charge is 0.309 e. The number of hydrogen-bond donors (Lipinski definition) is 0. The quantitative estimate of drug-likeness (QED) is 0.441. The zero-order valence-electron chi connectivity index (χ0n) is 20.9. The molecule has 0 aliphatic heterocycles. The van der Waals surface area contributed by atoms with E-state index in [1.54, 1.807) is 0 Å². The van der Waals surface area contributed by atoms with Crippen LogP contribution in [0.15, 0.2) is 0 Å². The molecular weight excluding hydrogens is 384 g/mol. The molecule has 9 atom stereocenters. The Morgan fingerprint density at radius 2 is 1.77 bits per heavy atom. The van der Waals surface area contributed by atoms with Crippen LogP contribution < -0.4 is 0 Å². The molecule has 4 aliphatic carbocycles. The lowest BCUT2D eigenvalue weighted by atomic mass is 9.46. The normalized spacial score (nSPS) is 45.2. The number of carbonyl (C=O) groups is 2. The second-order valence-electron chi connectivity index (χ2n) is 12.6. The lowest BCUT2D eigenvalue weighted by Gasteiger charge is -2.58. The van der Waals surface area contributed by atoms with E-state index in [9.17, 15) is 9.59 Å². The van der Waals surface area contributed by atoms with Crippen molar-refractivity contribution in [3.8, 4) is 0 Å². The summed E-state index contributed by atoms with van der Waals surface area (Å²) in [5, 5.41) is 0. The molecule has 4 rings (SSSR count). The molecule has 0 aromatic rings. The minimum Gasteiger partial charge on any atom is -0.469 e. The van der Waals surface area contributed by atoms with Crippen molar-refractivity contribution in [2.75, 3.05) is 7.11 Å². The molecule has 0 spiro atoms. The summed E-state index contributed by atoms with van der Waals surface area (Å²) in [4.78, 5) is 25.6. The largest absolute Gasteiger partial charge is 0.469 e. The fourth-order valence-electron chi connectivity index (χ4n) is 9.47. The molecule has 0 N–H and O–H groups in total. The van der Waals surface area contributed by atoms with Crippen LogP contribution in [0.1, 0.15) is 98.8 Å². The second kappa shape index (κ2) is 8.49. The summed E-state index contributed by atoms with van der Waals surface area (Å²) in [6.07, 6.45) is 11.9. The van der Waals surface area contributed by atoms with Gasteiger partial charge in [-0.05, 0) is 84.9 Å². The number of methoxy groups -OCH3 is 1. The summed E-state index contributed by atoms with van der Waals surface area (Å²) in [6.45, 7) is 12.1. The maximum atomic E-state index is 12.9. The van der Waals surface area contributed by atoms with Crippen molar-refractivity contribution in [2.45, 2.75) is 98.8 Å². The van der Waals surface area contributed by atoms with Crippen LogP contribution in [0.25, 0.3) is 0 Å². The molecule has 0 bridgehead atoms. The van der Waals surface area contributed by atoms with Crippen LogP contribution in [0.2, 0.25) is 0 Å². The van der Waals surface area contributed by atoms with E-state index >= 15 is 0 Å². The van der Waals surface area contributed by atoms with E-state index in [2.05, 4.69) is 34.6 Å². The van der Waals surface area contributed by atoms with Crippen molar-refractivity contribution in [1.82, 2.24) is 0 Å². The van der Waals surface area contributed by atoms with Gasteiger partial charge in [-0.3, -0.25) is 9.59 Å². The number of Topliss-reactive ketones (excluding diaryl/α,β-unsaturated/α-hetero) is 1. The molecule has 3 nitrogen and oxygen atoms in total. The van der Waals surface area contributed by atoms with Crippen molar-refractivity contribution in [3.05, 3.63) is 0 Å². The minimum absolute atomic E-state index is 0.0781. The van der Waals surface area contributed by atoms with E-state index in [4.69, 9.17) is 4.74 Å². The molecule has 0 radical (unpaired) electrons. The van der Waals surface area contributed by atoms with Gasteiger partial charge in [0, 0.05) is 12.3 Å². The van der Waals surface area contributed by atoms with Crippen molar-refractivity contribution in [2.24, 2.45) is 58.2 Å². The van der Waals surface area contributed by atoms with Gasteiger partial charge in [-0.1, -0.05) is 53.9 Å². The first-order chi connectivity index (χ1) is 14.6. The molecule has 31 heavy (non-hydrogen) atoms. The van der Waals surface area contributed by atoms with Crippen LogP contribution in [0.5, 0.6) is 0 Å². The predicted molar refractivity (Wildman–Crippen MR) is 124 cm³/mol. The first-order valence-electron chi connectivity index (χ1n) is 13.2. The van der Waals surface area contributed by atoms with Crippen molar-refractivity contribution in [3.63, 3.8) is 0 Å². The number of carbonyl (C=O) groups excluding carboxylic acids is 2. The first kappa shape index (κ1) is 23.3. The van der Waals surface area contributed by atoms with Gasteiger partial charge in [-0.2, -0.15) is 0 Å². The Balaban J connectivity index is 1.54. The molecule has 0 saturated heterocycles. The predicted octanol–water partition coefficient (Wildman–Crippen LogP) is 6.69. The van der Waals surface area contributed by atoms with Gasteiger partial charge in [0.1, 0.15) is 5.78 Å². The van der Waals surface area contributed by atoms with Crippen LogP contribution in [0.4, 0.5) is 0 Å². The molecule has 4 aliphatic rings. The Hall–Kier alpha value is -0.860. The van der Waals surface area contributed by atoms with Gasteiger partial charge in [0.05, 0.1) is 13.0 Å². The molecule has 4 saturated carbocycles. The monoisotopic (exact) mass is 430 g/mol. The maximum Gasteiger partial charge on any atom is 0.309 e. The number of hydrogen-bond acceptors (Lipinski definition) is 3. The summed E-state index contributed by atoms with van der Waals surface area (Å²) in [7, 11) is 1.49. The third kappa shape index (κ3) is 3.61. The second-order valence-corrected chi connectivity index (χ2v) is 12.6. The Labute approximate surface area is 190 Å². The van der Waals surface area contributed by atoms with E-state index in [1.807, 2.05) is 0 Å². The Kier molecular flexibility index (Phi) is 6.38. The molecular formula is C28H46O3. The molecule has 0 amide bonds. The number of ether oxygens (including phenoxy) is 1. The molecule has 0 aromatic heterocycles. The number of rotatable bonds is 6. The van der Waals surface area contributed by atoms with Gasteiger partial charge in [-0.15, -0.1) is 0 Å². The average Bonchev–Trinajstić information content (AvgIpc) is 3.21. The van der Waals surface area contributed by atoms with Crippen molar-refractivity contribution in [1.29, 1.82) is 0 Å². The zero-order valence-corrected chi connectivity index (χ0v) is 20.9. The molecule has 0 aromatic carbocycles. The first-order valence-corrected chi connectivity index (χ1v) is 13.2. The minimum atomic E-state index is -0.223. The van der Waals surface area contributed by atoms with Crippen LogP contribution in [-0.2, 0) is 14.3 Å². The summed E-state index contributed by atoms with van der Waals surface area (Å²) in [6, 6.07) is 0. The number of ketones is 1. The Bertz CT molecular complexity index is 696. The van der Waals surface area contributed by atoms with Crippen molar-refractivity contribution < 1.29 is 14.3 Å². The highest BCUT2D eigenvalue weighted by atomic mass is 16.5. The van der Waals surface area contributed by atoms with Gasteiger partial charge >= 0.3 is 5.97 Å². The van der Waals surface area contributed by atoms with Gasteiger partial charge < -0.3 is 4.74 Å². The SMILES string of the molecule is COC(=O)C1CC(=O)[C@@H]2CC[C@H]3[C@@H]4CC[C@H]([C@H](C)CCCC(C)C)[C@@]4(C)CC[C@@H]3[C@@]12C. The average molecular weight is 431 g/mol. The third-order valence-electron chi connectivity index (χ3n) is 11.0. The van der Waals surface area contributed by atoms with E-state index in [-0.39, 0.29) is 23.2 Å². The standard InChI is InChI=1S/C28H46O3/c1-17(2)8-7-9-18(3)20-12-13-21-19-10-11-23-25(29)16-24(26(30)31-6)28(23,5)22(19)14-15-27(20,21)4/h17-24H,7-16H2,1-6H3/t18-,19+,20-,21+,22+,23+,24?,27-,28-/m1/s1. The third-order valence-corrected chi connectivity index (χ3v) is 11.0. The maximum absolute atomic E-state index is 12.9. The van der Waals surface area contributed by atoms with Gasteiger partial charge in [-0.25, -0.2) is 0 Å². The van der Waals surface area contributed by atoms with Gasteiger partial charge in [0.15, 0.2) is 0 Å². The van der Waals surface area contributed by atoms with E-state index in [0.29, 0.717) is 29.5 Å². The summed E-state index contributed by atoms with van der Waals surface area (Å²) >= 11 is 0. The molecule has 4 fully saturated rings. The van der Waals surface area contributed by atoms with E-state index in [0.717, 1.165) is 30.1 Å². The van der Waals surface area contributed by atoms with Crippen LogP contribution in [-0.4, -0.2) is 18.9 Å². The molecule has 0 heterocycles. The van der Waals surface area contributed by atoms with E-state index < -0.39 is 0 Å².